The van der Waals surface area contributed by atoms with Gasteiger partial charge in [-0.2, -0.15) is 0 Å². The molecule has 2 nitrogen and oxygen atoms in total. The summed E-state index contributed by atoms with van der Waals surface area (Å²) in [6.45, 7) is 1.25. The molecule has 0 radical (unpaired) electrons. The molecule has 1 aliphatic carbocycles. The molecular weight excluding hydrogens is 282 g/mol. The lowest BCUT2D eigenvalue weighted by Crippen LogP contribution is -2.25. The molecule has 0 spiro atoms. The molecule has 3 rings (SSSR count). The van der Waals surface area contributed by atoms with Crippen LogP contribution < -0.4 is 0 Å². The molecule has 0 unspecified atom stereocenters. The Morgan fingerprint density at radius 1 is 1.00 bits per heavy atom. The van der Waals surface area contributed by atoms with Crippen molar-refractivity contribution in [2.24, 2.45) is 0 Å². The highest BCUT2D eigenvalue weighted by molar-refractivity contribution is 5.97. The van der Waals surface area contributed by atoms with Crippen LogP contribution in [0.2, 0.25) is 0 Å². The van der Waals surface area contributed by atoms with Crippen molar-refractivity contribution in [2.75, 3.05) is 13.6 Å². The molecule has 0 bridgehead atoms. The van der Waals surface area contributed by atoms with Gasteiger partial charge in [-0.15, -0.1) is 0 Å². The van der Waals surface area contributed by atoms with E-state index in [4.69, 9.17) is 0 Å². The molecule has 2 aromatic carbocycles. The van der Waals surface area contributed by atoms with Crippen LogP contribution in [0.4, 0.5) is 0 Å². The number of hydrogen-bond acceptors (Lipinski definition) is 2. The molecule has 1 aliphatic rings. The predicted octanol–water partition coefficient (Wildman–Crippen LogP) is 4.66. The van der Waals surface area contributed by atoms with Gasteiger partial charge in [0.1, 0.15) is 0 Å². The Hall–Kier alpha value is -1.93. The van der Waals surface area contributed by atoms with Gasteiger partial charge in [0.2, 0.25) is 0 Å². The molecule has 1 fully saturated rings. The minimum Gasteiger partial charge on any atom is -0.295 e. The van der Waals surface area contributed by atoms with Crippen molar-refractivity contribution in [1.29, 1.82) is 0 Å². The fourth-order valence-electron chi connectivity index (χ4n) is 3.49. The smallest absolute Gasteiger partial charge is 0.176 e. The quantitative estimate of drug-likeness (QED) is 0.723. The third-order valence-corrected chi connectivity index (χ3v) is 4.77. The van der Waals surface area contributed by atoms with E-state index in [-0.39, 0.29) is 5.78 Å². The molecule has 0 heterocycles. The van der Waals surface area contributed by atoms with E-state index in [1.165, 1.54) is 36.8 Å². The van der Waals surface area contributed by atoms with Gasteiger partial charge in [0.05, 0.1) is 6.54 Å². The van der Waals surface area contributed by atoms with E-state index in [0.717, 1.165) is 12.1 Å². The second-order valence-corrected chi connectivity index (χ2v) is 6.68. The van der Waals surface area contributed by atoms with Crippen molar-refractivity contribution < 1.29 is 4.79 Å². The topological polar surface area (TPSA) is 20.3 Å². The lowest BCUT2D eigenvalue weighted by atomic mass is 9.96. The summed E-state index contributed by atoms with van der Waals surface area (Å²) in [5, 5.41) is 0. The Morgan fingerprint density at radius 3 is 2.30 bits per heavy atom. The third-order valence-electron chi connectivity index (χ3n) is 4.77. The van der Waals surface area contributed by atoms with Gasteiger partial charge in [0.15, 0.2) is 5.78 Å². The summed E-state index contributed by atoms with van der Waals surface area (Å²) in [6, 6.07) is 18.6. The first-order chi connectivity index (χ1) is 11.2. The summed E-state index contributed by atoms with van der Waals surface area (Å²) in [5.74, 6) is 0.904. The summed E-state index contributed by atoms with van der Waals surface area (Å²) in [7, 11) is 2.00. The van der Waals surface area contributed by atoms with Crippen molar-refractivity contribution in [3.63, 3.8) is 0 Å². The van der Waals surface area contributed by atoms with Crippen LogP contribution in [0.5, 0.6) is 0 Å². The van der Waals surface area contributed by atoms with E-state index in [1.54, 1.807) is 0 Å². The van der Waals surface area contributed by atoms with Crippen LogP contribution >= 0.6 is 0 Å². The van der Waals surface area contributed by atoms with Crippen LogP contribution in [0.1, 0.15) is 53.1 Å². The lowest BCUT2D eigenvalue weighted by molar-refractivity contribution is 0.0943. The minimum atomic E-state index is 0.196. The second kappa shape index (κ2) is 7.56. The van der Waals surface area contributed by atoms with E-state index in [0.29, 0.717) is 12.5 Å². The SMILES string of the molecule is CN(CC(=O)c1ccc(C2CCCC2)cc1)Cc1ccccc1. The Labute approximate surface area is 139 Å². The molecule has 0 N–H and O–H groups in total. The Kier molecular flexibility index (Phi) is 5.24. The Morgan fingerprint density at radius 2 is 1.65 bits per heavy atom. The van der Waals surface area contributed by atoms with Gasteiger partial charge in [0, 0.05) is 12.1 Å². The number of hydrogen-bond donors (Lipinski definition) is 0. The van der Waals surface area contributed by atoms with Gasteiger partial charge in [-0.3, -0.25) is 9.69 Å². The van der Waals surface area contributed by atoms with Gasteiger partial charge in [-0.05, 0) is 36.9 Å². The lowest BCUT2D eigenvalue weighted by Gasteiger charge is -2.16. The summed E-state index contributed by atoms with van der Waals surface area (Å²) < 4.78 is 0. The fourth-order valence-corrected chi connectivity index (χ4v) is 3.49. The number of likely N-dealkylation sites (N-methyl/N-ethyl adjacent to an activating group) is 1. The number of ketones is 1. The average molecular weight is 307 g/mol. The molecule has 1 saturated carbocycles. The van der Waals surface area contributed by atoms with Gasteiger partial charge >= 0.3 is 0 Å². The third kappa shape index (κ3) is 4.29. The zero-order valence-electron chi connectivity index (χ0n) is 13.9. The van der Waals surface area contributed by atoms with E-state index >= 15 is 0 Å². The van der Waals surface area contributed by atoms with Gasteiger partial charge in [-0.1, -0.05) is 67.4 Å². The molecule has 0 saturated heterocycles. The van der Waals surface area contributed by atoms with Crippen molar-refractivity contribution in [3.05, 3.63) is 71.3 Å². The van der Waals surface area contributed by atoms with E-state index in [2.05, 4.69) is 29.2 Å². The number of rotatable bonds is 6. The van der Waals surface area contributed by atoms with Gasteiger partial charge < -0.3 is 0 Å². The molecule has 0 atom stereocenters. The van der Waals surface area contributed by atoms with Crippen LogP contribution in [-0.4, -0.2) is 24.3 Å². The van der Waals surface area contributed by atoms with Gasteiger partial charge in [-0.25, -0.2) is 0 Å². The first kappa shape index (κ1) is 15.9. The highest BCUT2D eigenvalue weighted by Gasteiger charge is 2.17. The van der Waals surface area contributed by atoms with Crippen LogP contribution in [0.25, 0.3) is 0 Å². The van der Waals surface area contributed by atoms with Crippen molar-refractivity contribution in [2.45, 2.75) is 38.1 Å². The normalized spacial score (nSPS) is 15.2. The van der Waals surface area contributed by atoms with Crippen LogP contribution in [-0.2, 0) is 6.54 Å². The number of benzene rings is 2. The Balaban J connectivity index is 1.57. The van der Waals surface area contributed by atoms with Crippen molar-refractivity contribution in [3.8, 4) is 0 Å². The van der Waals surface area contributed by atoms with Crippen molar-refractivity contribution in [1.82, 2.24) is 4.90 Å². The van der Waals surface area contributed by atoms with Crippen LogP contribution in [0, 0.1) is 0 Å². The zero-order chi connectivity index (χ0) is 16.1. The summed E-state index contributed by atoms with van der Waals surface area (Å²) >= 11 is 0. The highest BCUT2D eigenvalue weighted by atomic mass is 16.1. The maximum Gasteiger partial charge on any atom is 0.176 e. The zero-order valence-corrected chi connectivity index (χ0v) is 13.9. The first-order valence-electron chi connectivity index (χ1n) is 8.58. The predicted molar refractivity (Wildman–Crippen MR) is 94.8 cm³/mol. The standard InChI is InChI=1S/C21H25NO/c1-22(15-17-7-3-2-4-8-17)16-21(23)20-13-11-19(12-14-20)18-9-5-6-10-18/h2-4,7-8,11-14,18H,5-6,9-10,15-16H2,1H3. The largest absolute Gasteiger partial charge is 0.295 e. The molecule has 120 valence electrons. The van der Waals surface area contributed by atoms with Crippen LogP contribution in [0.15, 0.2) is 54.6 Å². The maximum atomic E-state index is 12.4. The molecule has 2 aromatic rings. The molecule has 2 heteroatoms. The van der Waals surface area contributed by atoms with E-state index in [9.17, 15) is 4.79 Å². The molecule has 0 aromatic heterocycles. The molecule has 23 heavy (non-hydrogen) atoms. The maximum absolute atomic E-state index is 12.4. The number of carbonyl (C=O) groups is 1. The average Bonchev–Trinajstić information content (AvgIpc) is 3.10. The molecule has 0 aliphatic heterocycles. The minimum absolute atomic E-state index is 0.196. The second-order valence-electron chi connectivity index (χ2n) is 6.68. The number of nitrogens with zero attached hydrogens (tertiary/aromatic N) is 1. The number of Topliss-reactive ketones (excluding diaryl/α,β-unsaturated/α-hetero) is 1. The molecule has 0 amide bonds. The van der Waals surface area contributed by atoms with E-state index in [1.807, 2.05) is 37.4 Å². The van der Waals surface area contributed by atoms with E-state index < -0.39 is 0 Å². The molecular formula is C21H25NO. The highest BCUT2D eigenvalue weighted by Crippen LogP contribution is 2.33. The number of carbonyl (C=O) groups excluding carboxylic acids is 1. The van der Waals surface area contributed by atoms with Crippen LogP contribution in [0.3, 0.4) is 0 Å². The summed E-state index contributed by atoms with van der Waals surface area (Å²) in [5.41, 5.74) is 3.46. The van der Waals surface area contributed by atoms with Crippen molar-refractivity contribution >= 4 is 5.78 Å². The Bertz CT molecular complexity index is 627. The summed E-state index contributed by atoms with van der Waals surface area (Å²) in [6.07, 6.45) is 5.28. The first-order valence-corrected chi connectivity index (χ1v) is 8.58. The summed E-state index contributed by atoms with van der Waals surface area (Å²) in [4.78, 5) is 14.5. The fraction of sp³-hybridized carbons (Fsp3) is 0.381. The monoisotopic (exact) mass is 307 g/mol. The van der Waals surface area contributed by atoms with Gasteiger partial charge in [0.25, 0.3) is 0 Å².